The molecular weight excluding hydrogens is 258 g/mol. The van der Waals surface area contributed by atoms with Crippen molar-refractivity contribution < 1.29 is 19.1 Å². The van der Waals surface area contributed by atoms with E-state index in [1.54, 1.807) is 13.0 Å². The Kier molecular flexibility index (Phi) is 4.16. The highest BCUT2D eigenvalue weighted by Crippen LogP contribution is 2.27. The van der Waals surface area contributed by atoms with Crippen molar-refractivity contribution in [2.75, 3.05) is 0 Å². The van der Waals surface area contributed by atoms with Crippen LogP contribution in [-0.4, -0.2) is 23.0 Å². The first-order chi connectivity index (χ1) is 9.38. The lowest BCUT2D eigenvalue weighted by atomic mass is 10.1. The molecule has 0 spiro atoms. The first-order valence-corrected chi connectivity index (χ1v) is 7.02. The average Bonchev–Trinajstić information content (AvgIpc) is 2.95. The molecule has 1 aromatic rings. The van der Waals surface area contributed by atoms with Crippen molar-refractivity contribution in [2.45, 2.75) is 52.0 Å². The maximum absolute atomic E-state index is 12.2. The smallest absolute Gasteiger partial charge is 0.306 e. The van der Waals surface area contributed by atoms with E-state index in [1.807, 2.05) is 13.8 Å². The Hall–Kier alpha value is -1.78. The lowest BCUT2D eigenvalue weighted by molar-refractivity contribution is -0.141. The summed E-state index contributed by atoms with van der Waals surface area (Å²) in [4.78, 5) is 23.1. The Morgan fingerprint density at radius 3 is 2.60 bits per heavy atom. The lowest BCUT2D eigenvalue weighted by Gasteiger charge is -2.11. The zero-order valence-corrected chi connectivity index (χ0v) is 12.1. The molecular formula is C15H21NO4. The van der Waals surface area contributed by atoms with Crippen LogP contribution in [0.1, 0.15) is 60.9 Å². The van der Waals surface area contributed by atoms with Gasteiger partial charge in [-0.3, -0.25) is 9.59 Å². The fourth-order valence-corrected chi connectivity index (χ4v) is 2.62. The van der Waals surface area contributed by atoms with Gasteiger partial charge in [0, 0.05) is 12.0 Å². The zero-order valence-electron chi connectivity index (χ0n) is 12.1. The first-order valence-electron chi connectivity index (χ1n) is 7.02. The number of carboxylic acid groups (broad SMARTS) is 1. The number of carbonyl (C=O) groups excluding carboxylic acids is 1. The van der Waals surface area contributed by atoms with Crippen molar-refractivity contribution in [2.24, 2.45) is 5.92 Å². The maximum atomic E-state index is 12.2. The highest BCUT2D eigenvalue weighted by atomic mass is 16.4. The first kappa shape index (κ1) is 14.6. The fraction of sp³-hybridized carbons (Fsp3) is 0.600. The van der Waals surface area contributed by atoms with Gasteiger partial charge < -0.3 is 14.8 Å². The van der Waals surface area contributed by atoms with Crippen LogP contribution in [0.2, 0.25) is 0 Å². The van der Waals surface area contributed by atoms with Crippen LogP contribution in [0.25, 0.3) is 0 Å². The van der Waals surface area contributed by atoms with Crippen molar-refractivity contribution in [3.05, 3.63) is 23.2 Å². The van der Waals surface area contributed by atoms with Gasteiger partial charge in [-0.25, -0.2) is 0 Å². The second-order valence-electron chi connectivity index (χ2n) is 5.79. The minimum Gasteiger partial charge on any atom is -0.481 e. The van der Waals surface area contributed by atoms with Gasteiger partial charge >= 0.3 is 5.97 Å². The Bertz CT molecular complexity index is 518. The summed E-state index contributed by atoms with van der Waals surface area (Å²) < 4.78 is 5.57. The molecule has 0 saturated heterocycles. The second kappa shape index (κ2) is 5.69. The van der Waals surface area contributed by atoms with E-state index in [4.69, 9.17) is 9.52 Å². The zero-order chi connectivity index (χ0) is 14.9. The van der Waals surface area contributed by atoms with E-state index in [1.165, 1.54) is 0 Å². The number of hydrogen-bond acceptors (Lipinski definition) is 3. The number of furan rings is 1. The van der Waals surface area contributed by atoms with Crippen LogP contribution in [0.4, 0.5) is 0 Å². The third kappa shape index (κ3) is 3.03. The molecule has 1 aliphatic carbocycles. The van der Waals surface area contributed by atoms with E-state index in [0.29, 0.717) is 24.2 Å². The number of carboxylic acids is 1. The molecule has 2 atom stereocenters. The summed E-state index contributed by atoms with van der Waals surface area (Å²) in [6.45, 7) is 5.79. The lowest BCUT2D eigenvalue weighted by Crippen LogP contribution is -2.33. The minimum atomic E-state index is -0.775. The molecule has 1 fully saturated rings. The van der Waals surface area contributed by atoms with Gasteiger partial charge in [0.05, 0.1) is 11.5 Å². The van der Waals surface area contributed by atoms with Gasteiger partial charge in [-0.05, 0) is 32.3 Å². The highest BCUT2D eigenvalue weighted by Gasteiger charge is 2.31. The monoisotopic (exact) mass is 279 g/mol. The standard InChI is InChI=1S/C15H21NO4/c1-8(2)13-7-12(9(3)20-13)14(17)16-11-5-4-10(6-11)15(18)19/h7-8,10-11H,4-6H2,1-3H3,(H,16,17)(H,18,19)/t10-,11+/m1/s1. The molecule has 0 aromatic carbocycles. The Labute approximate surface area is 118 Å². The molecule has 0 bridgehead atoms. The van der Waals surface area contributed by atoms with Crippen molar-refractivity contribution >= 4 is 11.9 Å². The van der Waals surface area contributed by atoms with E-state index in [0.717, 1.165) is 12.2 Å². The molecule has 1 amide bonds. The van der Waals surface area contributed by atoms with Gasteiger partial charge in [0.2, 0.25) is 0 Å². The normalized spacial score (nSPS) is 22.2. The topological polar surface area (TPSA) is 79.5 Å². The van der Waals surface area contributed by atoms with E-state index < -0.39 is 5.97 Å². The summed E-state index contributed by atoms with van der Waals surface area (Å²) in [6, 6.07) is 1.72. The number of nitrogens with one attached hydrogen (secondary N) is 1. The van der Waals surface area contributed by atoms with Gasteiger partial charge in [0.1, 0.15) is 11.5 Å². The molecule has 1 aromatic heterocycles. The van der Waals surface area contributed by atoms with E-state index in [2.05, 4.69) is 5.32 Å². The summed E-state index contributed by atoms with van der Waals surface area (Å²) in [7, 11) is 0. The predicted molar refractivity (Wildman–Crippen MR) is 73.8 cm³/mol. The van der Waals surface area contributed by atoms with Gasteiger partial charge in [-0.1, -0.05) is 13.8 Å². The average molecular weight is 279 g/mol. The molecule has 2 rings (SSSR count). The van der Waals surface area contributed by atoms with Crippen LogP contribution in [0.5, 0.6) is 0 Å². The van der Waals surface area contributed by atoms with Crippen LogP contribution >= 0.6 is 0 Å². The van der Waals surface area contributed by atoms with Crippen LogP contribution < -0.4 is 5.32 Å². The number of rotatable bonds is 4. The summed E-state index contributed by atoms with van der Waals surface area (Å²) >= 11 is 0. The van der Waals surface area contributed by atoms with Gasteiger partial charge in [-0.2, -0.15) is 0 Å². The number of carbonyl (C=O) groups is 2. The molecule has 5 heteroatoms. The van der Waals surface area contributed by atoms with E-state index in [9.17, 15) is 9.59 Å². The summed E-state index contributed by atoms with van der Waals surface area (Å²) in [5, 5.41) is 11.9. The van der Waals surface area contributed by atoms with Crippen molar-refractivity contribution in [1.29, 1.82) is 0 Å². The molecule has 5 nitrogen and oxygen atoms in total. The summed E-state index contributed by atoms with van der Waals surface area (Å²) in [6.07, 6.45) is 1.85. The largest absolute Gasteiger partial charge is 0.481 e. The molecule has 110 valence electrons. The van der Waals surface area contributed by atoms with Gasteiger partial charge in [0.25, 0.3) is 5.91 Å². The molecule has 20 heavy (non-hydrogen) atoms. The summed E-state index contributed by atoms with van der Waals surface area (Å²) in [5.41, 5.74) is 0.549. The molecule has 2 N–H and O–H groups in total. The quantitative estimate of drug-likeness (QED) is 0.888. The van der Waals surface area contributed by atoms with E-state index >= 15 is 0 Å². The number of hydrogen-bond donors (Lipinski definition) is 2. The van der Waals surface area contributed by atoms with Crippen molar-refractivity contribution in [3.8, 4) is 0 Å². The molecule has 0 aliphatic heterocycles. The van der Waals surface area contributed by atoms with Crippen molar-refractivity contribution in [1.82, 2.24) is 5.32 Å². The molecule has 0 unspecified atom stereocenters. The number of aliphatic carboxylic acids is 1. The third-order valence-corrected chi connectivity index (χ3v) is 3.87. The Balaban J connectivity index is 2.01. The third-order valence-electron chi connectivity index (χ3n) is 3.87. The molecule has 1 heterocycles. The van der Waals surface area contributed by atoms with Crippen LogP contribution in [-0.2, 0) is 4.79 Å². The maximum Gasteiger partial charge on any atom is 0.306 e. The number of amides is 1. The van der Waals surface area contributed by atoms with Crippen molar-refractivity contribution in [3.63, 3.8) is 0 Å². The predicted octanol–water partition coefficient (Wildman–Crippen LogP) is 2.69. The Morgan fingerprint density at radius 2 is 2.10 bits per heavy atom. The van der Waals surface area contributed by atoms with Crippen LogP contribution in [0, 0.1) is 12.8 Å². The fourth-order valence-electron chi connectivity index (χ4n) is 2.62. The molecule has 0 radical (unpaired) electrons. The van der Waals surface area contributed by atoms with Crippen LogP contribution in [0.3, 0.4) is 0 Å². The molecule has 1 saturated carbocycles. The van der Waals surface area contributed by atoms with Gasteiger partial charge in [-0.15, -0.1) is 0 Å². The van der Waals surface area contributed by atoms with E-state index in [-0.39, 0.29) is 23.8 Å². The number of aryl methyl sites for hydroxylation is 1. The minimum absolute atomic E-state index is 0.0552. The Morgan fingerprint density at radius 1 is 1.40 bits per heavy atom. The summed E-state index contributed by atoms with van der Waals surface area (Å²) in [5.74, 6) is 0.356. The van der Waals surface area contributed by atoms with Crippen LogP contribution in [0.15, 0.2) is 10.5 Å². The highest BCUT2D eigenvalue weighted by molar-refractivity contribution is 5.95. The second-order valence-corrected chi connectivity index (χ2v) is 5.79. The SMILES string of the molecule is Cc1oc(C(C)C)cc1C(=O)N[C@H]1CC[C@@H](C(=O)O)C1. The van der Waals surface area contributed by atoms with Gasteiger partial charge in [0.15, 0.2) is 0 Å². The molecule has 1 aliphatic rings.